The van der Waals surface area contributed by atoms with Crippen LogP contribution in [0.5, 0.6) is 0 Å². The molecule has 112 valence electrons. The van der Waals surface area contributed by atoms with E-state index < -0.39 is 0 Å². The second kappa shape index (κ2) is 6.10. The Morgan fingerprint density at radius 1 is 1.33 bits per heavy atom. The Balaban J connectivity index is 2.34. The summed E-state index contributed by atoms with van der Waals surface area (Å²) in [5.74, 6) is 5.81. The van der Waals surface area contributed by atoms with Crippen LogP contribution in [-0.2, 0) is 0 Å². The Kier molecular flexibility index (Phi) is 4.43. The average Bonchev–Trinajstić information content (AvgIpc) is 2.51. The molecule has 2 rings (SSSR count). The zero-order chi connectivity index (χ0) is 15.5. The standard InChI is InChI=1S/C16H22N4O/c1-4-16(2,3)10-18-15(21)12-9-14(20-17)19-13-8-6-5-7-11(12)13/h5-9H,4,10,17H2,1-3H3,(H,18,21)(H,19,20). The summed E-state index contributed by atoms with van der Waals surface area (Å²) >= 11 is 0. The molecule has 0 spiro atoms. The van der Waals surface area contributed by atoms with Crippen molar-refractivity contribution in [3.05, 3.63) is 35.9 Å². The maximum absolute atomic E-state index is 12.5. The van der Waals surface area contributed by atoms with Crippen LogP contribution in [0.1, 0.15) is 37.6 Å². The third-order valence-electron chi connectivity index (χ3n) is 3.79. The van der Waals surface area contributed by atoms with Gasteiger partial charge in [-0.25, -0.2) is 10.8 Å². The number of carbonyl (C=O) groups excluding carboxylic acids is 1. The molecule has 0 saturated carbocycles. The first-order valence-corrected chi connectivity index (χ1v) is 7.11. The summed E-state index contributed by atoms with van der Waals surface area (Å²) in [7, 11) is 0. The Morgan fingerprint density at radius 2 is 2.05 bits per heavy atom. The van der Waals surface area contributed by atoms with Crippen molar-refractivity contribution < 1.29 is 4.79 Å². The molecular weight excluding hydrogens is 264 g/mol. The molecule has 0 radical (unpaired) electrons. The van der Waals surface area contributed by atoms with E-state index >= 15 is 0 Å². The van der Waals surface area contributed by atoms with Crippen LogP contribution in [0.4, 0.5) is 5.82 Å². The molecule has 1 amide bonds. The first-order valence-electron chi connectivity index (χ1n) is 7.11. The van der Waals surface area contributed by atoms with Crippen molar-refractivity contribution in [2.24, 2.45) is 11.3 Å². The molecule has 1 aromatic heterocycles. The highest BCUT2D eigenvalue weighted by Gasteiger charge is 2.18. The molecule has 0 atom stereocenters. The zero-order valence-corrected chi connectivity index (χ0v) is 12.7. The highest BCUT2D eigenvalue weighted by atomic mass is 16.1. The molecule has 0 aliphatic heterocycles. The zero-order valence-electron chi connectivity index (χ0n) is 12.7. The predicted molar refractivity (Wildman–Crippen MR) is 86.0 cm³/mol. The number of nitrogens with one attached hydrogen (secondary N) is 2. The summed E-state index contributed by atoms with van der Waals surface area (Å²) in [6.07, 6.45) is 1.000. The van der Waals surface area contributed by atoms with Gasteiger partial charge in [0.2, 0.25) is 0 Å². The molecule has 5 heteroatoms. The van der Waals surface area contributed by atoms with Crippen molar-refractivity contribution in [3.8, 4) is 0 Å². The number of hydrogen-bond donors (Lipinski definition) is 3. The summed E-state index contributed by atoms with van der Waals surface area (Å²) in [4.78, 5) is 16.8. The number of aromatic nitrogens is 1. The van der Waals surface area contributed by atoms with E-state index in [0.717, 1.165) is 17.3 Å². The van der Waals surface area contributed by atoms with Gasteiger partial charge in [-0.15, -0.1) is 0 Å². The summed E-state index contributed by atoms with van der Waals surface area (Å²) in [6.45, 7) is 7.00. The molecule has 21 heavy (non-hydrogen) atoms. The van der Waals surface area contributed by atoms with Gasteiger partial charge < -0.3 is 10.7 Å². The van der Waals surface area contributed by atoms with Crippen molar-refractivity contribution in [1.29, 1.82) is 0 Å². The van der Waals surface area contributed by atoms with Crippen LogP contribution < -0.4 is 16.6 Å². The van der Waals surface area contributed by atoms with Gasteiger partial charge in [-0.05, 0) is 24.0 Å². The fraction of sp³-hybridized carbons (Fsp3) is 0.375. The van der Waals surface area contributed by atoms with Crippen molar-refractivity contribution in [2.75, 3.05) is 12.0 Å². The van der Waals surface area contributed by atoms with E-state index in [4.69, 9.17) is 5.84 Å². The number of rotatable bonds is 5. The lowest BCUT2D eigenvalue weighted by Crippen LogP contribution is -2.33. The summed E-state index contributed by atoms with van der Waals surface area (Å²) in [5.41, 5.74) is 3.91. The minimum atomic E-state index is -0.105. The van der Waals surface area contributed by atoms with Crippen molar-refractivity contribution in [2.45, 2.75) is 27.2 Å². The second-order valence-corrected chi connectivity index (χ2v) is 5.92. The molecule has 0 bridgehead atoms. The topological polar surface area (TPSA) is 80.0 Å². The van der Waals surface area contributed by atoms with Crippen LogP contribution >= 0.6 is 0 Å². The van der Waals surface area contributed by atoms with Gasteiger partial charge in [0.15, 0.2) is 0 Å². The number of hydrogen-bond acceptors (Lipinski definition) is 4. The van der Waals surface area contributed by atoms with Gasteiger partial charge in [0, 0.05) is 11.9 Å². The number of benzene rings is 1. The fourth-order valence-corrected chi connectivity index (χ4v) is 1.98. The maximum Gasteiger partial charge on any atom is 0.252 e. The Hall–Kier alpha value is -2.14. The van der Waals surface area contributed by atoms with Gasteiger partial charge in [0.25, 0.3) is 5.91 Å². The molecule has 0 aliphatic rings. The van der Waals surface area contributed by atoms with Gasteiger partial charge in [-0.3, -0.25) is 4.79 Å². The molecule has 0 aliphatic carbocycles. The third kappa shape index (κ3) is 3.49. The van der Waals surface area contributed by atoms with Crippen LogP contribution in [-0.4, -0.2) is 17.4 Å². The SMILES string of the molecule is CCC(C)(C)CNC(=O)c1cc(NN)nc2ccccc12. The normalized spacial score (nSPS) is 11.4. The van der Waals surface area contributed by atoms with Gasteiger partial charge in [0.05, 0.1) is 11.1 Å². The van der Waals surface area contributed by atoms with Gasteiger partial charge >= 0.3 is 0 Å². The van der Waals surface area contributed by atoms with E-state index in [-0.39, 0.29) is 11.3 Å². The average molecular weight is 286 g/mol. The first kappa shape index (κ1) is 15.3. The summed E-state index contributed by atoms with van der Waals surface area (Å²) < 4.78 is 0. The van der Waals surface area contributed by atoms with Gasteiger partial charge in [-0.1, -0.05) is 39.0 Å². The van der Waals surface area contributed by atoms with Crippen LogP contribution in [0, 0.1) is 5.41 Å². The second-order valence-electron chi connectivity index (χ2n) is 5.92. The molecule has 0 unspecified atom stereocenters. The Labute approximate surface area is 124 Å². The van der Waals surface area contributed by atoms with Gasteiger partial charge in [-0.2, -0.15) is 0 Å². The van der Waals surface area contributed by atoms with Crippen LogP contribution in [0.15, 0.2) is 30.3 Å². The predicted octanol–water partition coefficient (Wildman–Crippen LogP) is 2.69. The fourth-order valence-electron chi connectivity index (χ4n) is 1.98. The molecule has 4 N–H and O–H groups in total. The van der Waals surface area contributed by atoms with Crippen molar-refractivity contribution in [1.82, 2.24) is 10.3 Å². The molecular formula is C16H22N4O. The van der Waals surface area contributed by atoms with E-state index in [1.807, 2.05) is 24.3 Å². The highest BCUT2D eigenvalue weighted by molar-refractivity contribution is 6.06. The number of nitrogens with zero attached hydrogens (tertiary/aromatic N) is 1. The van der Waals surface area contributed by atoms with E-state index in [0.29, 0.717) is 17.9 Å². The summed E-state index contributed by atoms with van der Waals surface area (Å²) in [6, 6.07) is 9.21. The minimum absolute atomic E-state index is 0.0768. The molecule has 5 nitrogen and oxygen atoms in total. The lowest BCUT2D eigenvalue weighted by Gasteiger charge is -2.23. The van der Waals surface area contributed by atoms with Crippen molar-refractivity contribution in [3.63, 3.8) is 0 Å². The lowest BCUT2D eigenvalue weighted by atomic mass is 9.90. The minimum Gasteiger partial charge on any atom is -0.351 e. The number of nitrogens with two attached hydrogens (primary N) is 1. The summed E-state index contributed by atoms with van der Waals surface area (Å²) in [5, 5.41) is 3.82. The van der Waals surface area contributed by atoms with E-state index in [1.54, 1.807) is 6.07 Å². The van der Waals surface area contributed by atoms with Gasteiger partial charge in [0.1, 0.15) is 5.82 Å². The van der Waals surface area contributed by atoms with Crippen LogP contribution in [0.2, 0.25) is 0 Å². The molecule has 2 aromatic rings. The monoisotopic (exact) mass is 286 g/mol. The number of carbonyl (C=O) groups is 1. The number of anilines is 1. The smallest absolute Gasteiger partial charge is 0.252 e. The first-order chi connectivity index (χ1) is 9.96. The maximum atomic E-state index is 12.5. The van der Waals surface area contributed by atoms with E-state index in [9.17, 15) is 4.79 Å². The van der Waals surface area contributed by atoms with Crippen molar-refractivity contribution >= 4 is 22.6 Å². The number of amides is 1. The highest BCUT2D eigenvalue weighted by Crippen LogP contribution is 2.22. The number of pyridine rings is 1. The molecule has 0 fully saturated rings. The largest absolute Gasteiger partial charge is 0.351 e. The van der Waals surface area contributed by atoms with Crippen LogP contribution in [0.25, 0.3) is 10.9 Å². The molecule has 1 heterocycles. The molecule has 1 aromatic carbocycles. The number of hydrazine groups is 1. The van der Waals surface area contributed by atoms with E-state index in [2.05, 4.69) is 36.5 Å². The van der Waals surface area contributed by atoms with Crippen LogP contribution in [0.3, 0.4) is 0 Å². The quantitative estimate of drug-likeness (QED) is 0.583. The lowest BCUT2D eigenvalue weighted by molar-refractivity contribution is 0.0937. The number of fused-ring (bicyclic) bond motifs is 1. The molecule has 0 saturated heterocycles. The Bertz CT molecular complexity index is 652. The Morgan fingerprint density at radius 3 is 2.71 bits per heavy atom. The van der Waals surface area contributed by atoms with E-state index in [1.165, 1.54) is 0 Å². The number of para-hydroxylation sites is 1. The number of nitrogen functional groups attached to an aromatic ring is 1. The third-order valence-corrected chi connectivity index (χ3v) is 3.79.